The molecule has 6 heteroatoms. The normalized spacial score (nSPS) is 26.4. The van der Waals surface area contributed by atoms with Crippen molar-refractivity contribution in [2.24, 2.45) is 5.92 Å². The van der Waals surface area contributed by atoms with Gasteiger partial charge in [0.15, 0.2) is 0 Å². The number of ether oxygens (including phenoxy) is 1. The summed E-state index contributed by atoms with van der Waals surface area (Å²) < 4.78 is 11.5. The van der Waals surface area contributed by atoms with E-state index in [4.69, 9.17) is 14.1 Å². The van der Waals surface area contributed by atoms with Crippen LogP contribution in [-0.2, 0) is 16.7 Å². The van der Waals surface area contributed by atoms with Crippen LogP contribution in [0.25, 0.3) is 10.9 Å². The molecule has 6 nitrogen and oxygen atoms in total. The molecule has 2 atom stereocenters. The summed E-state index contributed by atoms with van der Waals surface area (Å²) in [4.78, 5) is 7.24. The third-order valence-corrected chi connectivity index (χ3v) is 5.44. The molecule has 2 aromatic heterocycles. The first kappa shape index (κ1) is 15.0. The van der Waals surface area contributed by atoms with Gasteiger partial charge >= 0.3 is 0 Å². The van der Waals surface area contributed by atoms with Crippen molar-refractivity contribution >= 4 is 10.9 Å². The van der Waals surface area contributed by atoms with Gasteiger partial charge in [-0.15, -0.1) is 10.2 Å². The number of para-hydroxylation sites is 1. The van der Waals surface area contributed by atoms with Crippen molar-refractivity contribution in [2.45, 2.75) is 18.9 Å². The minimum absolute atomic E-state index is 0.169. The molecule has 128 valence electrons. The zero-order valence-electron chi connectivity index (χ0n) is 14.2. The van der Waals surface area contributed by atoms with Crippen molar-refractivity contribution in [1.29, 1.82) is 0 Å². The number of benzene rings is 1. The van der Waals surface area contributed by atoms with E-state index in [-0.39, 0.29) is 5.41 Å². The van der Waals surface area contributed by atoms with Crippen LogP contribution in [0.5, 0.6) is 0 Å². The number of hydrogen-bond acceptors (Lipinski definition) is 6. The summed E-state index contributed by atoms with van der Waals surface area (Å²) in [5.74, 6) is 1.74. The van der Waals surface area contributed by atoms with Crippen molar-refractivity contribution in [2.75, 3.05) is 26.3 Å². The molecular weight excluding hydrogens is 316 g/mol. The minimum Gasteiger partial charge on any atom is -0.425 e. The summed E-state index contributed by atoms with van der Waals surface area (Å²) in [6.07, 6.45) is 0. The van der Waals surface area contributed by atoms with E-state index in [1.165, 1.54) is 5.39 Å². The van der Waals surface area contributed by atoms with E-state index < -0.39 is 0 Å². The van der Waals surface area contributed by atoms with Crippen LogP contribution in [-0.4, -0.2) is 46.4 Å². The van der Waals surface area contributed by atoms with Crippen molar-refractivity contribution in [3.8, 4) is 0 Å². The Labute approximate surface area is 145 Å². The number of rotatable bonds is 3. The van der Waals surface area contributed by atoms with Crippen LogP contribution >= 0.6 is 0 Å². The Kier molecular flexibility index (Phi) is 3.36. The second-order valence-electron chi connectivity index (χ2n) is 7.16. The molecule has 2 aliphatic rings. The maximum Gasteiger partial charge on any atom is 0.226 e. The third-order valence-electron chi connectivity index (χ3n) is 5.44. The lowest BCUT2D eigenvalue weighted by atomic mass is 9.81. The fourth-order valence-corrected chi connectivity index (χ4v) is 4.19. The minimum atomic E-state index is -0.169. The summed E-state index contributed by atoms with van der Waals surface area (Å²) in [5.41, 5.74) is 1.97. The van der Waals surface area contributed by atoms with E-state index in [1.807, 2.05) is 19.1 Å². The molecule has 0 aliphatic carbocycles. The molecule has 25 heavy (non-hydrogen) atoms. The highest BCUT2D eigenvalue weighted by Gasteiger charge is 2.55. The molecule has 3 aromatic rings. The average Bonchev–Trinajstić information content (AvgIpc) is 3.29. The summed E-state index contributed by atoms with van der Waals surface area (Å²) in [7, 11) is 0. The van der Waals surface area contributed by atoms with Gasteiger partial charge in [-0.1, -0.05) is 24.3 Å². The van der Waals surface area contributed by atoms with Gasteiger partial charge in [0.2, 0.25) is 11.8 Å². The van der Waals surface area contributed by atoms with Crippen LogP contribution in [0.2, 0.25) is 0 Å². The molecule has 2 aliphatic heterocycles. The molecule has 0 unspecified atom stereocenters. The molecule has 2 saturated heterocycles. The van der Waals surface area contributed by atoms with Crippen LogP contribution in [0.3, 0.4) is 0 Å². The number of aromatic nitrogens is 3. The number of nitrogens with zero attached hydrogens (tertiary/aromatic N) is 4. The monoisotopic (exact) mass is 336 g/mol. The Bertz CT molecular complexity index is 924. The van der Waals surface area contributed by atoms with Crippen LogP contribution in [0.4, 0.5) is 0 Å². The lowest BCUT2D eigenvalue weighted by Crippen LogP contribution is -2.36. The van der Waals surface area contributed by atoms with E-state index in [0.717, 1.165) is 43.3 Å². The van der Waals surface area contributed by atoms with Gasteiger partial charge in [0.05, 0.1) is 29.8 Å². The Balaban J connectivity index is 1.40. The van der Waals surface area contributed by atoms with Gasteiger partial charge in [-0.25, -0.2) is 0 Å². The molecular formula is C19H20N4O2. The molecule has 0 radical (unpaired) electrons. The van der Waals surface area contributed by atoms with Gasteiger partial charge in [0.1, 0.15) is 0 Å². The molecule has 0 amide bonds. The number of pyridine rings is 1. The lowest BCUT2D eigenvalue weighted by molar-refractivity contribution is 0.139. The summed E-state index contributed by atoms with van der Waals surface area (Å²) >= 11 is 0. The van der Waals surface area contributed by atoms with Crippen molar-refractivity contribution in [3.63, 3.8) is 0 Å². The first-order valence-corrected chi connectivity index (χ1v) is 8.68. The lowest BCUT2D eigenvalue weighted by Gasteiger charge is -2.22. The largest absolute Gasteiger partial charge is 0.425 e. The van der Waals surface area contributed by atoms with Gasteiger partial charge in [0.25, 0.3) is 0 Å². The molecule has 1 aromatic carbocycles. The van der Waals surface area contributed by atoms with Crippen LogP contribution < -0.4 is 0 Å². The van der Waals surface area contributed by atoms with Gasteiger partial charge in [-0.3, -0.25) is 9.88 Å². The second-order valence-corrected chi connectivity index (χ2v) is 7.16. The highest BCUT2D eigenvalue weighted by molar-refractivity contribution is 5.78. The molecule has 0 N–H and O–H groups in total. The van der Waals surface area contributed by atoms with Crippen molar-refractivity contribution < 1.29 is 9.15 Å². The standard InChI is InChI=1S/C19H20N4O2/c1-13-21-22-18(25-13)19-11-23(8-15(19)10-24-12-19)9-16-7-6-14-4-2-3-5-17(14)20-16/h2-7,15H,8-12H2,1H3/t15-,19-/m1/s1. The Morgan fingerprint density at radius 2 is 2.12 bits per heavy atom. The Hall–Kier alpha value is -2.31. The molecule has 4 heterocycles. The predicted octanol–water partition coefficient (Wildman–Crippen LogP) is 2.33. The Morgan fingerprint density at radius 3 is 3.00 bits per heavy atom. The van der Waals surface area contributed by atoms with Gasteiger partial charge in [-0.2, -0.15) is 0 Å². The van der Waals surface area contributed by atoms with Crippen molar-refractivity contribution in [3.05, 3.63) is 53.9 Å². The smallest absolute Gasteiger partial charge is 0.226 e. The maximum atomic E-state index is 5.78. The SMILES string of the molecule is Cc1nnc([C@]23COC[C@H]2CN(Cc2ccc4ccccc4n2)C3)o1. The highest BCUT2D eigenvalue weighted by atomic mass is 16.5. The first-order valence-electron chi connectivity index (χ1n) is 8.68. The predicted molar refractivity (Wildman–Crippen MR) is 92.0 cm³/mol. The van der Waals surface area contributed by atoms with Crippen LogP contribution in [0.15, 0.2) is 40.8 Å². The summed E-state index contributed by atoms with van der Waals surface area (Å²) in [6, 6.07) is 12.5. The van der Waals surface area contributed by atoms with Crippen LogP contribution in [0.1, 0.15) is 17.5 Å². The van der Waals surface area contributed by atoms with Crippen LogP contribution in [0, 0.1) is 12.8 Å². The topological polar surface area (TPSA) is 64.3 Å². The average molecular weight is 336 g/mol. The number of hydrogen-bond donors (Lipinski definition) is 0. The highest BCUT2D eigenvalue weighted by Crippen LogP contribution is 2.43. The van der Waals surface area contributed by atoms with Gasteiger partial charge in [-0.05, 0) is 12.1 Å². The zero-order valence-corrected chi connectivity index (χ0v) is 14.2. The quantitative estimate of drug-likeness (QED) is 0.731. The van der Waals surface area contributed by atoms with E-state index in [9.17, 15) is 0 Å². The van der Waals surface area contributed by atoms with E-state index in [0.29, 0.717) is 18.4 Å². The third kappa shape index (κ3) is 2.44. The van der Waals surface area contributed by atoms with E-state index in [2.05, 4.69) is 39.4 Å². The van der Waals surface area contributed by atoms with E-state index in [1.54, 1.807) is 0 Å². The van der Waals surface area contributed by atoms with Gasteiger partial charge in [0, 0.05) is 37.9 Å². The zero-order chi connectivity index (χ0) is 16.9. The van der Waals surface area contributed by atoms with E-state index >= 15 is 0 Å². The summed E-state index contributed by atoms with van der Waals surface area (Å²) in [5, 5.41) is 9.51. The number of likely N-dealkylation sites (tertiary alicyclic amines) is 1. The maximum absolute atomic E-state index is 5.78. The van der Waals surface area contributed by atoms with Crippen molar-refractivity contribution in [1.82, 2.24) is 20.1 Å². The fraction of sp³-hybridized carbons (Fsp3) is 0.421. The fourth-order valence-electron chi connectivity index (χ4n) is 4.19. The van der Waals surface area contributed by atoms with Gasteiger partial charge < -0.3 is 9.15 Å². The molecule has 0 spiro atoms. The first-order chi connectivity index (χ1) is 12.2. The number of fused-ring (bicyclic) bond motifs is 2. The molecule has 0 saturated carbocycles. The molecule has 0 bridgehead atoms. The Morgan fingerprint density at radius 1 is 1.20 bits per heavy atom. The molecule has 5 rings (SSSR count). The summed E-state index contributed by atoms with van der Waals surface area (Å²) in [6.45, 7) is 5.91. The number of aryl methyl sites for hydroxylation is 1. The molecule has 2 fully saturated rings. The second kappa shape index (κ2) is 5.61.